The number of carbonyl (C=O) groups excluding carboxylic acids is 2. The molecule has 0 fully saturated rings. The van der Waals surface area contributed by atoms with Crippen LogP contribution in [-0.2, 0) is 14.4 Å². The zero-order valence-electron chi connectivity index (χ0n) is 12.5. The van der Waals surface area contributed by atoms with Gasteiger partial charge in [0.05, 0.1) is 6.04 Å². The zero-order chi connectivity index (χ0) is 16.2. The quantitative estimate of drug-likeness (QED) is 0.652. The lowest BCUT2D eigenvalue weighted by Crippen LogP contribution is -2.61. The molecule has 0 aromatic carbocycles. The van der Waals surface area contributed by atoms with Gasteiger partial charge in [-0.1, -0.05) is 13.8 Å². The number of carboxylic acid groups (broad SMARTS) is 1. The summed E-state index contributed by atoms with van der Waals surface area (Å²) in [6.45, 7) is 5.04. The highest BCUT2D eigenvalue weighted by molar-refractivity contribution is 6.36. The van der Waals surface area contributed by atoms with Gasteiger partial charge in [0.25, 0.3) is 0 Å². The Morgan fingerprint density at radius 1 is 1.43 bits per heavy atom. The summed E-state index contributed by atoms with van der Waals surface area (Å²) in [6, 6.07) is -0.712. The van der Waals surface area contributed by atoms with Crippen molar-refractivity contribution in [2.75, 3.05) is 0 Å². The molecule has 0 unspecified atom stereocenters. The Kier molecular flexibility index (Phi) is 5.83. The van der Waals surface area contributed by atoms with Crippen LogP contribution in [0.1, 0.15) is 40.0 Å². The molecule has 0 saturated carbocycles. The highest BCUT2D eigenvalue weighted by atomic mass is 16.4. The Balaban J connectivity index is 3.14. The van der Waals surface area contributed by atoms with Crippen molar-refractivity contribution in [3.8, 4) is 0 Å². The molecule has 2 amide bonds. The third kappa shape index (κ3) is 4.01. The minimum atomic E-state index is -1.21. The number of hydrazone groups is 1. The van der Waals surface area contributed by atoms with Gasteiger partial charge in [-0.2, -0.15) is 5.10 Å². The van der Waals surface area contributed by atoms with Crippen LogP contribution in [0, 0.1) is 5.92 Å². The lowest BCUT2D eigenvalue weighted by Gasteiger charge is -2.37. The molecule has 0 bridgehead atoms. The molecular formula is C13H22N4O4. The first kappa shape index (κ1) is 17.1. The molecule has 1 heterocycles. The van der Waals surface area contributed by atoms with E-state index in [1.807, 2.05) is 13.8 Å². The van der Waals surface area contributed by atoms with E-state index in [4.69, 9.17) is 10.8 Å². The van der Waals surface area contributed by atoms with Crippen molar-refractivity contribution in [1.82, 2.24) is 10.3 Å². The number of nitrogens with zero attached hydrogens (tertiary/aromatic N) is 2. The molecule has 1 aliphatic rings. The highest BCUT2D eigenvalue weighted by Crippen LogP contribution is 2.20. The van der Waals surface area contributed by atoms with E-state index < -0.39 is 18.2 Å². The Hall–Kier alpha value is -1.96. The SMILES string of the molecule is CCC(CC)C(=O)N1N=C(C(=O)O)C[C@H](N)[C@H]1NC(C)=O. The van der Waals surface area contributed by atoms with E-state index in [0.29, 0.717) is 12.8 Å². The third-order valence-electron chi connectivity index (χ3n) is 3.49. The van der Waals surface area contributed by atoms with Crippen LogP contribution in [-0.4, -0.2) is 45.8 Å². The van der Waals surface area contributed by atoms with Crippen molar-refractivity contribution in [3.05, 3.63) is 0 Å². The monoisotopic (exact) mass is 298 g/mol. The maximum absolute atomic E-state index is 12.5. The summed E-state index contributed by atoms with van der Waals surface area (Å²) in [6.07, 6.45) is 0.378. The summed E-state index contributed by atoms with van der Waals surface area (Å²) < 4.78 is 0. The molecule has 21 heavy (non-hydrogen) atoms. The second kappa shape index (κ2) is 7.16. The van der Waals surface area contributed by atoms with Gasteiger partial charge in [-0.05, 0) is 12.8 Å². The normalized spacial score (nSPS) is 22.0. The molecule has 0 spiro atoms. The number of amides is 2. The van der Waals surface area contributed by atoms with Gasteiger partial charge in [-0.25, -0.2) is 9.80 Å². The fourth-order valence-electron chi connectivity index (χ4n) is 2.27. The molecule has 0 aromatic rings. The zero-order valence-corrected chi connectivity index (χ0v) is 12.5. The predicted molar refractivity (Wildman–Crippen MR) is 76.2 cm³/mol. The molecule has 0 saturated heterocycles. The van der Waals surface area contributed by atoms with Gasteiger partial charge in [0.15, 0.2) is 0 Å². The van der Waals surface area contributed by atoms with Gasteiger partial charge in [0.1, 0.15) is 11.9 Å². The second-order valence-electron chi connectivity index (χ2n) is 5.06. The van der Waals surface area contributed by atoms with Crippen molar-refractivity contribution in [2.45, 2.75) is 52.2 Å². The molecule has 4 N–H and O–H groups in total. The average molecular weight is 298 g/mol. The standard InChI is InChI=1S/C13H22N4O4/c1-4-8(5-2)12(19)17-11(15-7(3)18)9(14)6-10(16-17)13(20)21/h8-9,11H,4-6,14H2,1-3H3,(H,15,18)(H,20,21)/t9-,11-/m0/s1. The van der Waals surface area contributed by atoms with Crippen molar-refractivity contribution < 1.29 is 19.5 Å². The van der Waals surface area contributed by atoms with Crippen LogP contribution in [0.5, 0.6) is 0 Å². The van der Waals surface area contributed by atoms with Crippen LogP contribution in [0.2, 0.25) is 0 Å². The predicted octanol–water partition coefficient (Wildman–Crippen LogP) is -0.115. The van der Waals surface area contributed by atoms with E-state index in [9.17, 15) is 14.4 Å². The average Bonchev–Trinajstić information content (AvgIpc) is 2.41. The maximum Gasteiger partial charge on any atom is 0.352 e. The van der Waals surface area contributed by atoms with E-state index in [1.165, 1.54) is 6.92 Å². The van der Waals surface area contributed by atoms with Gasteiger partial charge in [0, 0.05) is 19.3 Å². The Morgan fingerprint density at radius 3 is 2.43 bits per heavy atom. The van der Waals surface area contributed by atoms with Gasteiger partial charge in [-0.3, -0.25) is 9.59 Å². The first-order valence-electron chi connectivity index (χ1n) is 6.98. The van der Waals surface area contributed by atoms with Crippen LogP contribution in [0.3, 0.4) is 0 Å². The second-order valence-corrected chi connectivity index (χ2v) is 5.06. The van der Waals surface area contributed by atoms with E-state index in [-0.39, 0.29) is 29.9 Å². The van der Waals surface area contributed by atoms with Gasteiger partial charge in [-0.15, -0.1) is 0 Å². The van der Waals surface area contributed by atoms with E-state index in [1.54, 1.807) is 0 Å². The maximum atomic E-state index is 12.5. The summed E-state index contributed by atoms with van der Waals surface area (Å²) in [5.74, 6) is -2.18. The fourth-order valence-corrected chi connectivity index (χ4v) is 2.27. The number of nitrogens with one attached hydrogen (secondary N) is 1. The molecule has 8 nitrogen and oxygen atoms in total. The minimum absolute atomic E-state index is 0.00697. The third-order valence-corrected chi connectivity index (χ3v) is 3.49. The van der Waals surface area contributed by atoms with Crippen LogP contribution in [0.25, 0.3) is 0 Å². The summed E-state index contributed by atoms with van der Waals surface area (Å²) in [7, 11) is 0. The number of carbonyl (C=O) groups is 3. The first-order chi connectivity index (χ1) is 9.81. The van der Waals surface area contributed by atoms with Crippen molar-refractivity contribution in [1.29, 1.82) is 0 Å². The largest absolute Gasteiger partial charge is 0.477 e. The van der Waals surface area contributed by atoms with Crippen LogP contribution >= 0.6 is 0 Å². The van der Waals surface area contributed by atoms with Crippen LogP contribution < -0.4 is 11.1 Å². The van der Waals surface area contributed by atoms with Crippen molar-refractivity contribution in [2.24, 2.45) is 16.8 Å². The van der Waals surface area contributed by atoms with E-state index in [0.717, 1.165) is 5.01 Å². The number of hydrogen-bond acceptors (Lipinski definition) is 5. The molecule has 1 aliphatic heterocycles. The van der Waals surface area contributed by atoms with Gasteiger partial charge >= 0.3 is 5.97 Å². The highest BCUT2D eigenvalue weighted by Gasteiger charge is 2.38. The topological polar surface area (TPSA) is 125 Å². The Labute approximate surface area is 123 Å². The molecule has 0 aliphatic carbocycles. The number of rotatable bonds is 5. The number of hydrogen-bond donors (Lipinski definition) is 3. The molecule has 0 aromatic heterocycles. The fraction of sp³-hybridized carbons (Fsp3) is 0.692. The first-order valence-corrected chi connectivity index (χ1v) is 6.98. The summed E-state index contributed by atoms with van der Waals surface area (Å²) in [5, 5.41) is 16.5. The molecule has 118 valence electrons. The molecule has 8 heteroatoms. The Bertz CT molecular complexity index is 459. The molecule has 0 radical (unpaired) electrons. The summed E-state index contributed by atoms with van der Waals surface area (Å²) >= 11 is 0. The molecule has 2 atom stereocenters. The summed E-state index contributed by atoms with van der Waals surface area (Å²) in [4.78, 5) is 34.9. The van der Waals surface area contributed by atoms with Crippen molar-refractivity contribution in [3.63, 3.8) is 0 Å². The summed E-state index contributed by atoms with van der Waals surface area (Å²) in [5.41, 5.74) is 5.74. The lowest BCUT2D eigenvalue weighted by molar-refractivity contribution is -0.141. The number of nitrogens with two attached hydrogens (primary N) is 1. The number of aliphatic carboxylic acids is 1. The smallest absolute Gasteiger partial charge is 0.352 e. The van der Waals surface area contributed by atoms with Crippen LogP contribution in [0.15, 0.2) is 5.10 Å². The number of carboxylic acids is 1. The van der Waals surface area contributed by atoms with E-state index in [2.05, 4.69) is 10.4 Å². The Morgan fingerprint density at radius 2 is 2.00 bits per heavy atom. The van der Waals surface area contributed by atoms with Gasteiger partial charge in [0.2, 0.25) is 11.8 Å². The van der Waals surface area contributed by atoms with Crippen LogP contribution in [0.4, 0.5) is 0 Å². The van der Waals surface area contributed by atoms with Gasteiger partial charge < -0.3 is 16.2 Å². The van der Waals surface area contributed by atoms with E-state index >= 15 is 0 Å². The molecular weight excluding hydrogens is 276 g/mol. The molecule has 1 rings (SSSR count). The van der Waals surface area contributed by atoms with Crippen molar-refractivity contribution >= 4 is 23.5 Å². The minimum Gasteiger partial charge on any atom is -0.477 e. The lowest BCUT2D eigenvalue weighted by atomic mass is 9.99.